The summed E-state index contributed by atoms with van der Waals surface area (Å²) in [6.07, 6.45) is -3.10. The molecule has 6 heteroatoms. The van der Waals surface area contributed by atoms with Gasteiger partial charge in [-0.25, -0.2) is 0 Å². The molecule has 106 valence electrons. The zero-order chi connectivity index (χ0) is 14.1. The van der Waals surface area contributed by atoms with Gasteiger partial charge >= 0.3 is 6.18 Å². The number of hydrogen-bond donors (Lipinski definition) is 0. The average Bonchev–Trinajstić information content (AvgIpc) is 2.37. The fourth-order valence-electron chi connectivity index (χ4n) is 1.20. The van der Waals surface area contributed by atoms with Crippen LogP contribution in [-0.2, 0) is 4.74 Å². The van der Waals surface area contributed by atoms with Gasteiger partial charge < -0.3 is 9.47 Å². The lowest BCUT2D eigenvalue weighted by atomic mass is 10.3. The monoisotopic (exact) mass is 294 g/mol. The third kappa shape index (κ3) is 7.08. The van der Waals surface area contributed by atoms with Crippen LogP contribution in [0, 0.1) is 0 Å². The van der Waals surface area contributed by atoms with E-state index in [9.17, 15) is 13.2 Å². The summed E-state index contributed by atoms with van der Waals surface area (Å²) in [5.41, 5.74) is 0. The summed E-state index contributed by atoms with van der Waals surface area (Å²) in [7, 11) is 0. The van der Waals surface area contributed by atoms with Gasteiger partial charge in [-0.2, -0.15) is 13.2 Å². The molecule has 2 nitrogen and oxygen atoms in total. The van der Waals surface area contributed by atoms with Crippen molar-refractivity contribution in [1.29, 1.82) is 0 Å². The number of benzene rings is 1. The first-order valence-corrected chi connectivity index (χ1v) is 6.06. The Kier molecular flexibility index (Phi) is 6.73. The topological polar surface area (TPSA) is 18.5 Å². The Labute approximate surface area is 114 Å². The lowest BCUT2D eigenvalue weighted by Gasteiger charge is -2.06. The lowest BCUT2D eigenvalue weighted by Crippen LogP contribution is -2.08. The first-order chi connectivity index (χ1) is 9.00. The molecule has 1 aromatic rings. The minimum Gasteiger partial charge on any atom is -0.494 e. The van der Waals surface area contributed by atoms with Crippen LogP contribution in [0.25, 0.3) is 0 Å². The van der Waals surface area contributed by atoms with Crippen LogP contribution >= 0.6 is 11.6 Å². The van der Waals surface area contributed by atoms with Crippen molar-refractivity contribution in [2.75, 3.05) is 19.8 Å². The van der Waals surface area contributed by atoms with E-state index in [4.69, 9.17) is 21.1 Å². The summed E-state index contributed by atoms with van der Waals surface area (Å²) in [6.45, 7) is 0.593. The average molecular weight is 295 g/mol. The molecule has 0 aliphatic carbocycles. The number of allylic oxidation sites excluding steroid dienone is 1. The Morgan fingerprint density at radius 1 is 1.16 bits per heavy atom. The standard InChI is InChI=1S/C13H14ClF3O2/c14-12(13(15,16)17)7-10-18-8-4-9-19-11-5-2-1-3-6-11/h1-3,5-7H,4,8-10H2. The van der Waals surface area contributed by atoms with Crippen molar-refractivity contribution in [1.82, 2.24) is 0 Å². The van der Waals surface area contributed by atoms with E-state index in [1.54, 1.807) is 0 Å². The van der Waals surface area contributed by atoms with Crippen molar-refractivity contribution in [2.24, 2.45) is 0 Å². The number of rotatable bonds is 7. The maximum Gasteiger partial charge on any atom is 0.426 e. The number of alkyl halides is 3. The Balaban J connectivity index is 2.06. The van der Waals surface area contributed by atoms with Crippen molar-refractivity contribution < 1.29 is 22.6 Å². The number of hydrogen-bond acceptors (Lipinski definition) is 2. The molecule has 0 radical (unpaired) electrons. The molecule has 0 spiro atoms. The van der Waals surface area contributed by atoms with Gasteiger partial charge in [0, 0.05) is 6.42 Å². The van der Waals surface area contributed by atoms with Gasteiger partial charge in [-0.05, 0) is 18.2 Å². The fraction of sp³-hybridized carbons (Fsp3) is 0.385. The molecule has 0 amide bonds. The molecule has 0 saturated heterocycles. The SMILES string of the molecule is FC(F)(F)C(Cl)=CCOCCCOc1ccccc1. The molecule has 19 heavy (non-hydrogen) atoms. The van der Waals surface area contributed by atoms with E-state index in [1.165, 1.54) is 0 Å². The maximum atomic E-state index is 12.0. The van der Waals surface area contributed by atoms with Gasteiger partial charge in [0.05, 0.1) is 19.8 Å². The van der Waals surface area contributed by atoms with Crippen molar-refractivity contribution in [3.8, 4) is 5.75 Å². The molecule has 0 aromatic heterocycles. The lowest BCUT2D eigenvalue weighted by molar-refractivity contribution is -0.0850. The van der Waals surface area contributed by atoms with Crippen LogP contribution in [0.3, 0.4) is 0 Å². The molecule has 0 unspecified atom stereocenters. The highest BCUT2D eigenvalue weighted by atomic mass is 35.5. The molecule has 0 atom stereocenters. The van der Waals surface area contributed by atoms with Crippen LogP contribution < -0.4 is 4.74 Å². The van der Waals surface area contributed by atoms with Crippen molar-refractivity contribution in [3.05, 3.63) is 41.4 Å². The predicted octanol–water partition coefficient (Wildman–Crippen LogP) is 4.16. The van der Waals surface area contributed by atoms with Gasteiger partial charge in [-0.1, -0.05) is 29.8 Å². The van der Waals surface area contributed by atoms with E-state index in [0.717, 1.165) is 11.8 Å². The Morgan fingerprint density at radius 2 is 1.84 bits per heavy atom. The minimum absolute atomic E-state index is 0.163. The second-order valence-electron chi connectivity index (χ2n) is 3.64. The highest BCUT2D eigenvalue weighted by molar-refractivity contribution is 6.30. The molecule has 0 heterocycles. The van der Waals surface area contributed by atoms with E-state index in [0.29, 0.717) is 19.6 Å². The van der Waals surface area contributed by atoms with E-state index >= 15 is 0 Å². The van der Waals surface area contributed by atoms with Crippen LogP contribution in [0.15, 0.2) is 41.4 Å². The minimum atomic E-state index is -4.50. The summed E-state index contributed by atoms with van der Waals surface area (Å²) >= 11 is 5.01. The van der Waals surface area contributed by atoms with Gasteiger partial charge in [-0.3, -0.25) is 0 Å². The maximum absolute atomic E-state index is 12.0. The van der Waals surface area contributed by atoms with E-state index in [1.807, 2.05) is 30.3 Å². The molecule has 1 rings (SSSR count). The third-order valence-corrected chi connectivity index (χ3v) is 2.46. The normalized spacial score (nSPS) is 12.5. The summed E-state index contributed by atoms with van der Waals surface area (Å²) in [4.78, 5) is 0. The molecule has 0 fully saturated rings. The van der Waals surface area contributed by atoms with Crippen LogP contribution in [0.1, 0.15) is 6.42 Å². The highest BCUT2D eigenvalue weighted by Crippen LogP contribution is 2.28. The first-order valence-electron chi connectivity index (χ1n) is 5.68. The first kappa shape index (κ1) is 15.9. The van der Waals surface area contributed by atoms with Crippen molar-refractivity contribution >= 4 is 11.6 Å². The Bertz CT molecular complexity index is 391. The van der Waals surface area contributed by atoms with Crippen LogP contribution in [0.4, 0.5) is 13.2 Å². The van der Waals surface area contributed by atoms with Gasteiger partial charge in [0.15, 0.2) is 0 Å². The molecule has 1 aromatic carbocycles. The molecular formula is C13H14ClF3O2. The van der Waals surface area contributed by atoms with Crippen LogP contribution in [0.2, 0.25) is 0 Å². The molecule has 0 saturated carbocycles. The van der Waals surface area contributed by atoms with Crippen LogP contribution in [0.5, 0.6) is 5.75 Å². The highest BCUT2D eigenvalue weighted by Gasteiger charge is 2.31. The Hall–Kier alpha value is -1.20. The number of halogens is 4. The number of para-hydroxylation sites is 1. The Morgan fingerprint density at radius 3 is 2.47 bits per heavy atom. The van der Waals surface area contributed by atoms with Crippen LogP contribution in [-0.4, -0.2) is 26.0 Å². The van der Waals surface area contributed by atoms with E-state index in [-0.39, 0.29) is 6.61 Å². The molecule has 0 aliphatic rings. The number of ether oxygens (including phenoxy) is 2. The third-order valence-electron chi connectivity index (χ3n) is 2.10. The molecule has 0 bridgehead atoms. The molecule has 0 aliphatic heterocycles. The van der Waals surface area contributed by atoms with Gasteiger partial charge in [0.25, 0.3) is 0 Å². The summed E-state index contributed by atoms with van der Waals surface area (Å²) in [5.74, 6) is 0.752. The smallest absolute Gasteiger partial charge is 0.426 e. The van der Waals surface area contributed by atoms with Crippen molar-refractivity contribution in [2.45, 2.75) is 12.6 Å². The van der Waals surface area contributed by atoms with Gasteiger partial charge in [-0.15, -0.1) is 0 Å². The quantitative estimate of drug-likeness (QED) is 0.703. The summed E-state index contributed by atoms with van der Waals surface area (Å²) in [6, 6.07) is 9.25. The van der Waals surface area contributed by atoms with E-state index < -0.39 is 11.2 Å². The molecule has 0 N–H and O–H groups in total. The van der Waals surface area contributed by atoms with E-state index in [2.05, 4.69) is 0 Å². The zero-order valence-corrected chi connectivity index (χ0v) is 10.9. The summed E-state index contributed by atoms with van der Waals surface area (Å²) in [5, 5.41) is -1.16. The van der Waals surface area contributed by atoms with Gasteiger partial charge in [0.2, 0.25) is 0 Å². The fourth-order valence-corrected chi connectivity index (χ4v) is 1.26. The largest absolute Gasteiger partial charge is 0.494 e. The van der Waals surface area contributed by atoms with Crippen molar-refractivity contribution in [3.63, 3.8) is 0 Å². The molecular weight excluding hydrogens is 281 g/mol. The second-order valence-corrected chi connectivity index (χ2v) is 4.05. The second kappa shape index (κ2) is 8.07. The zero-order valence-electron chi connectivity index (χ0n) is 10.1. The van der Waals surface area contributed by atoms with Gasteiger partial charge in [0.1, 0.15) is 10.8 Å². The predicted molar refractivity (Wildman–Crippen MR) is 67.4 cm³/mol. The summed E-state index contributed by atoms with van der Waals surface area (Å²) < 4.78 is 46.4.